The number of sulfone groups is 1. The number of hydrogen-bond acceptors (Lipinski definition) is 3. The molecule has 0 saturated heterocycles. The monoisotopic (exact) mass is 432 g/mol. The van der Waals surface area contributed by atoms with Crippen LogP contribution in [0.3, 0.4) is 0 Å². The summed E-state index contributed by atoms with van der Waals surface area (Å²) in [6, 6.07) is 12.1. The first-order valence-electron chi connectivity index (χ1n) is 10.4. The maximum Gasteiger partial charge on any atom is 0.185 e. The van der Waals surface area contributed by atoms with E-state index < -0.39 is 23.2 Å². The molecule has 1 atom stereocenters. The Hall–Kier alpha value is -1.59. The lowest BCUT2D eigenvalue weighted by Gasteiger charge is -2.27. The third kappa shape index (κ3) is 6.71. The Balaban J connectivity index is 2.37. The molecule has 0 amide bonds. The summed E-state index contributed by atoms with van der Waals surface area (Å²) < 4.78 is 33.0. The van der Waals surface area contributed by atoms with Gasteiger partial charge in [0.2, 0.25) is 0 Å². The minimum Gasteiger partial charge on any atom is -0.466 e. The Morgan fingerprint density at radius 1 is 1.00 bits per heavy atom. The van der Waals surface area contributed by atoms with Gasteiger partial charge in [0.15, 0.2) is 9.84 Å². The van der Waals surface area contributed by atoms with Crippen LogP contribution in [0.4, 0.5) is 0 Å². The zero-order chi connectivity index (χ0) is 21.8. The van der Waals surface area contributed by atoms with Gasteiger partial charge in [-0.1, -0.05) is 48.5 Å². The van der Waals surface area contributed by atoms with Crippen LogP contribution in [0.15, 0.2) is 56.9 Å². The maximum atomic E-state index is 13.7. The number of allylic oxidation sites excluding steroid dienone is 1. The van der Waals surface area contributed by atoms with E-state index in [-0.39, 0.29) is 0 Å². The summed E-state index contributed by atoms with van der Waals surface area (Å²) in [6.07, 6.45) is 2.16. The van der Waals surface area contributed by atoms with Crippen LogP contribution in [-0.2, 0) is 16.3 Å². The van der Waals surface area contributed by atoms with Crippen molar-refractivity contribution in [3.63, 3.8) is 0 Å². The summed E-state index contributed by atoms with van der Waals surface area (Å²) in [6.45, 7) is 14.9. The molecule has 29 heavy (non-hydrogen) atoms. The number of rotatable bonds is 9. The van der Waals surface area contributed by atoms with Gasteiger partial charge in [-0.3, -0.25) is 0 Å². The molecule has 0 fully saturated rings. The summed E-state index contributed by atoms with van der Waals surface area (Å²) in [5.41, 5.74) is 3.32. The lowest BCUT2D eigenvalue weighted by molar-refractivity contribution is 0.473. The van der Waals surface area contributed by atoms with Crippen molar-refractivity contribution in [2.75, 3.05) is 0 Å². The molecule has 1 aromatic carbocycles. The molecule has 0 bridgehead atoms. The lowest BCUT2D eigenvalue weighted by atomic mass is 10.0. The third-order valence-corrected chi connectivity index (χ3v) is 8.80. The van der Waals surface area contributed by atoms with Gasteiger partial charge in [0.05, 0.1) is 10.1 Å². The SMILES string of the molecule is CC(C)=C(C[Si](C)(C)C)C(CCCc1ccc(C)o1)S(=O)(=O)c1ccc(C)cc1. The molecule has 0 N–H and O–H groups in total. The lowest BCUT2D eigenvalue weighted by Crippen LogP contribution is -2.30. The molecular weight excluding hydrogens is 396 g/mol. The van der Waals surface area contributed by atoms with Crippen molar-refractivity contribution in [3.05, 3.63) is 64.6 Å². The first-order chi connectivity index (χ1) is 13.4. The Bertz CT molecular complexity index is 941. The molecule has 0 radical (unpaired) electrons. The van der Waals surface area contributed by atoms with Gasteiger partial charge in [-0.2, -0.15) is 0 Å². The first-order valence-corrected chi connectivity index (χ1v) is 15.7. The first kappa shape index (κ1) is 23.7. The molecule has 1 heterocycles. The molecule has 2 rings (SSSR count). The molecule has 1 unspecified atom stereocenters. The van der Waals surface area contributed by atoms with Crippen LogP contribution >= 0.6 is 0 Å². The largest absolute Gasteiger partial charge is 0.466 e. The highest BCUT2D eigenvalue weighted by Crippen LogP contribution is 2.33. The molecule has 5 heteroatoms. The van der Waals surface area contributed by atoms with Gasteiger partial charge in [-0.25, -0.2) is 8.42 Å². The van der Waals surface area contributed by atoms with E-state index >= 15 is 0 Å². The highest BCUT2D eigenvalue weighted by molar-refractivity contribution is 7.92. The molecule has 0 aliphatic heterocycles. The van der Waals surface area contributed by atoms with Gasteiger partial charge in [0.25, 0.3) is 0 Å². The summed E-state index contributed by atoms with van der Waals surface area (Å²) in [4.78, 5) is 0.427. The average molecular weight is 433 g/mol. The number of aryl methyl sites for hydroxylation is 3. The predicted molar refractivity (Wildman–Crippen MR) is 125 cm³/mol. The van der Waals surface area contributed by atoms with Crippen LogP contribution < -0.4 is 0 Å². The Kier molecular flexibility index (Phi) is 7.74. The minimum atomic E-state index is -3.45. The summed E-state index contributed by atoms with van der Waals surface area (Å²) in [7, 11) is -4.93. The van der Waals surface area contributed by atoms with Crippen LogP contribution in [0.2, 0.25) is 25.7 Å². The number of furan rings is 1. The molecule has 0 aliphatic rings. The van der Waals surface area contributed by atoms with E-state index in [1.807, 2.05) is 38.1 Å². The fraction of sp³-hybridized carbons (Fsp3) is 0.500. The Morgan fingerprint density at radius 2 is 1.62 bits per heavy atom. The zero-order valence-corrected chi connectivity index (χ0v) is 20.8. The molecule has 0 aliphatic carbocycles. The van der Waals surface area contributed by atoms with Crippen molar-refractivity contribution >= 4 is 17.9 Å². The number of hydrogen-bond donors (Lipinski definition) is 0. The van der Waals surface area contributed by atoms with E-state index in [0.717, 1.165) is 47.1 Å². The highest BCUT2D eigenvalue weighted by atomic mass is 32.2. The smallest absolute Gasteiger partial charge is 0.185 e. The van der Waals surface area contributed by atoms with Crippen LogP contribution in [0.25, 0.3) is 0 Å². The predicted octanol–water partition coefficient (Wildman–Crippen LogP) is 6.74. The van der Waals surface area contributed by atoms with E-state index in [2.05, 4.69) is 33.5 Å². The second-order valence-corrected chi connectivity index (χ2v) is 17.1. The van der Waals surface area contributed by atoms with Crippen LogP contribution in [0, 0.1) is 13.8 Å². The van der Waals surface area contributed by atoms with Crippen molar-refractivity contribution in [2.45, 2.75) is 82.8 Å². The quantitative estimate of drug-likeness (QED) is 0.326. The average Bonchev–Trinajstić information content (AvgIpc) is 3.01. The maximum absolute atomic E-state index is 13.7. The molecular formula is C24H36O3SSi. The molecule has 1 aromatic heterocycles. The molecule has 2 aromatic rings. The topological polar surface area (TPSA) is 47.3 Å². The zero-order valence-electron chi connectivity index (χ0n) is 19.0. The van der Waals surface area contributed by atoms with Crippen molar-refractivity contribution in [2.24, 2.45) is 0 Å². The minimum absolute atomic E-state index is 0.427. The van der Waals surface area contributed by atoms with E-state index in [4.69, 9.17) is 4.42 Å². The van der Waals surface area contributed by atoms with Crippen molar-refractivity contribution in [1.29, 1.82) is 0 Å². The summed E-state index contributed by atoms with van der Waals surface area (Å²) in [5, 5.41) is -0.474. The van der Waals surface area contributed by atoms with Gasteiger partial charge in [0, 0.05) is 14.5 Å². The second-order valence-electron chi connectivity index (χ2n) is 9.51. The number of benzene rings is 1. The van der Waals surface area contributed by atoms with Crippen LogP contribution in [-0.4, -0.2) is 21.7 Å². The fourth-order valence-corrected chi connectivity index (χ4v) is 7.58. The van der Waals surface area contributed by atoms with Crippen LogP contribution in [0.1, 0.15) is 43.8 Å². The van der Waals surface area contributed by atoms with Gasteiger partial charge < -0.3 is 4.42 Å². The van der Waals surface area contributed by atoms with E-state index in [9.17, 15) is 8.42 Å². The normalized spacial score (nSPS) is 13.3. The van der Waals surface area contributed by atoms with Gasteiger partial charge in [-0.15, -0.1) is 0 Å². The van der Waals surface area contributed by atoms with E-state index in [1.165, 1.54) is 0 Å². The van der Waals surface area contributed by atoms with Crippen LogP contribution in [0.5, 0.6) is 0 Å². The van der Waals surface area contributed by atoms with Crippen molar-refractivity contribution in [3.8, 4) is 0 Å². The molecule has 0 spiro atoms. The molecule has 160 valence electrons. The van der Waals surface area contributed by atoms with Gasteiger partial charge >= 0.3 is 0 Å². The summed E-state index contributed by atoms with van der Waals surface area (Å²) in [5.74, 6) is 1.82. The standard InChI is InChI=1S/C24H36O3SSi/c1-18(2)23(17-29(5,6)7)24(10-8-9-21-14-13-20(4)27-21)28(25,26)22-15-11-19(3)12-16-22/h11-16,24H,8-10,17H2,1-7H3. The van der Waals surface area contributed by atoms with Crippen molar-refractivity contribution < 1.29 is 12.8 Å². The Labute approximate surface area is 178 Å². The molecule has 3 nitrogen and oxygen atoms in total. The third-order valence-electron chi connectivity index (χ3n) is 5.16. The van der Waals surface area contributed by atoms with E-state index in [0.29, 0.717) is 11.3 Å². The van der Waals surface area contributed by atoms with Gasteiger partial charge in [-0.05, 0) is 70.8 Å². The summed E-state index contributed by atoms with van der Waals surface area (Å²) >= 11 is 0. The highest BCUT2D eigenvalue weighted by Gasteiger charge is 2.33. The molecule has 0 saturated carbocycles. The fourth-order valence-electron chi connectivity index (χ4n) is 3.67. The second kappa shape index (κ2) is 9.48. The van der Waals surface area contributed by atoms with E-state index in [1.54, 1.807) is 12.1 Å². The van der Waals surface area contributed by atoms with Crippen molar-refractivity contribution in [1.82, 2.24) is 0 Å². The Morgan fingerprint density at radius 3 is 2.10 bits per heavy atom. The van der Waals surface area contributed by atoms with Gasteiger partial charge in [0.1, 0.15) is 11.5 Å².